The first-order valence-electron chi connectivity index (χ1n) is 21.4. The van der Waals surface area contributed by atoms with Gasteiger partial charge in [-0.2, -0.15) is 0 Å². The largest absolute Gasteiger partial charge is 0.729 e. The third kappa shape index (κ3) is 20.1. The van der Waals surface area contributed by atoms with Crippen LogP contribution in [0.3, 0.4) is 0 Å². The molecular weight excluding hydrogens is 1170 g/mol. The van der Waals surface area contributed by atoms with Gasteiger partial charge < -0.3 is 69.8 Å². The smallest absolute Gasteiger partial charge is 0.495 e. The van der Waals surface area contributed by atoms with Crippen molar-refractivity contribution in [2.24, 2.45) is 14.1 Å². The molecule has 13 nitrogen and oxygen atoms in total. The fourth-order valence-electron chi connectivity index (χ4n) is 5.85. The van der Waals surface area contributed by atoms with Crippen molar-refractivity contribution in [2.45, 2.75) is 53.2 Å². The van der Waals surface area contributed by atoms with Crippen LogP contribution in [0.5, 0.6) is 11.5 Å². The van der Waals surface area contributed by atoms with E-state index in [2.05, 4.69) is 38.1 Å². The number of methoxy groups -OCH3 is 2. The number of carbonyl (C=O) groups excluding carboxylic acids is 2. The minimum absolute atomic E-state index is 0. The van der Waals surface area contributed by atoms with Crippen LogP contribution < -0.4 is 26.1 Å². The number of aldehydes is 2. The molecule has 74 heavy (non-hydrogen) atoms. The first-order chi connectivity index (χ1) is 33.7. The van der Waals surface area contributed by atoms with Crippen LogP contribution in [-0.4, -0.2) is 151 Å². The Morgan fingerprint density at radius 2 is 1.24 bits per heavy atom. The van der Waals surface area contributed by atoms with Crippen LogP contribution in [0.15, 0.2) is 87.6 Å². The monoisotopic (exact) mass is 1210 g/mol. The molecule has 1 unspecified atom stereocenters. The first kappa shape index (κ1) is 71.0. The van der Waals surface area contributed by atoms with Crippen molar-refractivity contribution in [2.75, 3.05) is 20.4 Å². The van der Waals surface area contributed by atoms with Crippen molar-refractivity contribution in [3.05, 3.63) is 120 Å². The Labute approximate surface area is 484 Å². The summed E-state index contributed by atoms with van der Waals surface area (Å²) < 4.78 is 36.1. The molecule has 0 saturated carbocycles. The van der Waals surface area contributed by atoms with Gasteiger partial charge in [-0.05, 0) is 141 Å². The molecule has 4 aromatic heterocycles. The summed E-state index contributed by atoms with van der Waals surface area (Å²) in [5.41, 5.74) is 1.91. The van der Waals surface area contributed by atoms with E-state index in [1.54, 1.807) is 81.6 Å². The number of hydrogen-bond donors (Lipinski definition) is 0. The van der Waals surface area contributed by atoms with Gasteiger partial charge in [-0.15, -0.1) is 4.57 Å². The van der Waals surface area contributed by atoms with Gasteiger partial charge in [0.25, 0.3) is 11.1 Å². The van der Waals surface area contributed by atoms with E-state index in [-0.39, 0.29) is 39.0 Å². The molecule has 2 aromatic carbocycles. The van der Waals surface area contributed by atoms with Gasteiger partial charge in [-0.25, -0.2) is 0 Å². The van der Waals surface area contributed by atoms with Crippen LogP contribution in [0.2, 0.25) is 10.0 Å². The molecule has 0 amide bonds. The van der Waals surface area contributed by atoms with E-state index >= 15 is 0 Å². The predicted molar refractivity (Wildman–Crippen MR) is 319 cm³/mol. The molecule has 0 bridgehead atoms. The van der Waals surface area contributed by atoms with Crippen molar-refractivity contribution < 1.29 is 53.4 Å². The molecule has 5 heterocycles. The van der Waals surface area contributed by atoms with Crippen molar-refractivity contribution in [3.8, 4) is 22.6 Å². The van der Waals surface area contributed by atoms with Crippen LogP contribution >= 0.6 is 46.1 Å². The Kier molecular flexibility index (Phi) is 31.9. The Morgan fingerprint density at radius 3 is 1.65 bits per heavy atom. The third-order valence-electron chi connectivity index (χ3n) is 10.6. The molecule has 1 saturated heterocycles. The van der Waals surface area contributed by atoms with Gasteiger partial charge in [-0.1, -0.05) is 37.0 Å². The quantitative estimate of drug-likeness (QED) is 0.0831. The number of hydrogen-bond acceptors (Lipinski definition) is 12. The average Bonchev–Trinajstić information content (AvgIpc) is 3.57. The number of nitrogens with zero attached hydrogens (tertiary/aromatic N) is 4. The number of fused-ring (bicyclic) bond motifs is 2. The van der Waals surface area contributed by atoms with Crippen LogP contribution in [0.1, 0.15) is 62.8 Å². The maximum absolute atomic E-state index is 12.2. The molecular formula is C43H47B12BrCl2N4O9PPdS-3. The van der Waals surface area contributed by atoms with E-state index in [0.29, 0.717) is 62.2 Å². The molecule has 6 aromatic rings. The van der Waals surface area contributed by atoms with Gasteiger partial charge in [0.15, 0.2) is 12.6 Å². The number of carbonyl (C=O) groups is 2. The molecule has 1 aliphatic rings. The molecule has 0 N–H and O–H groups in total. The normalized spacial score (nSPS) is 12.4. The topological polar surface area (TPSA) is 158 Å². The summed E-state index contributed by atoms with van der Waals surface area (Å²) in [6.45, 7) is 9.72. The van der Waals surface area contributed by atoms with E-state index in [9.17, 15) is 23.7 Å². The molecule has 31 heteroatoms. The molecule has 18 radical (unpaired) electrons. The number of aryl methyl sites for hydroxylation is 2. The van der Waals surface area contributed by atoms with E-state index in [4.69, 9.17) is 96.1 Å². The van der Waals surface area contributed by atoms with E-state index < -0.39 is 44.5 Å². The minimum atomic E-state index is -1.26. The summed E-state index contributed by atoms with van der Waals surface area (Å²) in [7, 11) is 40.2. The number of rotatable bonds is 9. The van der Waals surface area contributed by atoms with Crippen molar-refractivity contribution in [1.29, 1.82) is 0 Å². The van der Waals surface area contributed by atoms with Crippen LogP contribution in [0.4, 0.5) is 0 Å². The molecule has 7 rings (SSSR count). The summed E-state index contributed by atoms with van der Waals surface area (Å²) in [6, 6.07) is 10.4. The second-order valence-electron chi connectivity index (χ2n) is 16.3. The van der Waals surface area contributed by atoms with Gasteiger partial charge in [0, 0.05) is 87.1 Å². The first-order valence-corrected chi connectivity index (χ1v) is 25.4. The van der Waals surface area contributed by atoms with Gasteiger partial charge >= 0.3 is 7.12 Å². The average molecular weight is 1210 g/mol. The number of halogens is 3. The second-order valence-corrected chi connectivity index (χ2v) is 20.5. The second kappa shape index (κ2) is 33.3. The minimum Gasteiger partial charge on any atom is -0.729 e. The molecule has 374 valence electrons. The third-order valence-corrected chi connectivity index (χ3v) is 13.1. The van der Waals surface area contributed by atoms with Gasteiger partial charge in [0.05, 0.1) is 57.4 Å². The summed E-state index contributed by atoms with van der Waals surface area (Å²) in [6.07, 6.45) is 10.2. The molecule has 0 aliphatic carbocycles. The van der Waals surface area contributed by atoms with E-state index in [1.165, 1.54) is 30.4 Å². The Bertz CT molecular complexity index is 2940. The fourth-order valence-corrected chi connectivity index (χ4v) is 7.02. The van der Waals surface area contributed by atoms with Gasteiger partial charge in [-0.3, -0.25) is 36.2 Å². The van der Waals surface area contributed by atoms with E-state index in [0.717, 1.165) is 31.8 Å². The summed E-state index contributed by atoms with van der Waals surface area (Å²) in [4.78, 5) is 53.9. The zero-order valence-corrected chi connectivity index (χ0v) is 47.9. The maximum Gasteiger partial charge on any atom is 0.495 e. The Balaban J connectivity index is 0.000000948. The van der Waals surface area contributed by atoms with Crippen molar-refractivity contribution in [3.63, 3.8) is 0 Å². The zero-order valence-electron chi connectivity index (χ0n) is 41.5. The molecule has 0 spiro atoms. The number of benzene rings is 2. The zero-order chi connectivity index (χ0) is 54.8. The van der Waals surface area contributed by atoms with Gasteiger partial charge in [0.2, 0.25) is 7.00 Å². The molecule has 1 aliphatic heterocycles. The SMILES string of the molecule is C.CC[P+](=O)[S-].COc1cc(-c2cn(C)c(=O)c3cnccc23)cc(Cl)c1C=O.COc1cc(B2OC(C)(C)C(C)(C)O2)cc(Cl)c1C=O.Cn1cc(Br)c2ccncc2c1=O.[B]B([B])B([B-])[B-].[B]B([B])[B][B-].[Pd]. The summed E-state index contributed by atoms with van der Waals surface area (Å²) in [5, 5.41) is 3.44. The molecule has 1 fully saturated rings. The summed E-state index contributed by atoms with van der Waals surface area (Å²) in [5.74, 6) is 0.802. The summed E-state index contributed by atoms with van der Waals surface area (Å²) >= 11 is 20.0. The standard InChI is InChI=1S/C17H13ClN2O3.C14H18BClO4.C9H7BrN2O.C2H5OPS.CH4.B6.B5.Pd/c1-20-8-13(11-3-4-19-7-12(11)17(20)22)10-5-15(18)14(9-21)16(6-10)23-2;1-13(2)14(3,4)20-15(19-13)9-6-11(16)10(8-17)12(7-9)18-5;1-12-5-8(10)6-2-3-11-4-7(6)9(12)13;1-2-4(3)5;;1-5(2)6(3)4;1-4-5(2)3;/h3-9H,1-2H3;6-8H,1-5H3;2-5H,1H3;2H2,1H3;1H4;;;/q;;;;;-2;-1;. The van der Waals surface area contributed by atoms with Crippen molar-refractivity contribution in [1.82, 2.24) is 19.1 Å². The van der Waals surface area contributed by atoms with E-state index in [1.807, 2.05) is 40.7 Å². The number of pyridine rings is 4. The fraction of sp³-hybridized carbons (Fsp3) is 0.302. The van der Waals surface area contributed by atoms with Gasteiger partial charge in [0.1, 0.15) is 17.7 Å². The molecule has 1 atom stereocenters. The van der Waals surface area contributed by atoms with Crippen LogP contribution in [0, 0.1) is 0 Å². The predicted octanol–water partition coefficient (Wildman–Crippen LogP) is 4.97. The Morgan fingerprint density at radius 1 is 0.838 bits per heavy atom. The number of ether oxygens (including phenoxy) is 2. The number of aromatic nitrogens is 4. The van der Waals surface area contributed by atoms with Crippen molar-refractivity contribution >= 4 is 185 Å². The van der Waals surface area contributed by atoms with Crippen LogP contribution in [-0.2, 0) is 60.6 Å². The maximum atomic E-state index is 12.2. The van der Waals surface area contributed by atoms with Crippen LogP contribution in [0.25, 0.3) is 32.7 Å². The Hall–Kier alpha value is -3.03.